The zero-order valence-electron chi connectivity index (χ0n) is 21.9. The molecule has 3 aromatic heterocycles. The minimum Gasteiger partial charge on any atom is -0.462 e. The van der Waals surface area contributed by atoms with Crippen LogP contribution in [0.4, 0.5) is 5.00 Å². The van der Waals surface area contributed by atoms with Crippen molar-refractivity contribution in [3.05, 3.63) is 92.4 Å². The largest absolute Gasteiger partial charge is 0.462 e. The molecule has 5 aromatic rings. The number of rotatable bonds is 7. The van der Waals surface area contributed by atoms with Gasteiger partial charge in [-0.05, 0) is 43.7 Å². The first-order chi connectivity index (χ1) is 19.5. The van der Waals surface area contributed by atoms with Crippen LogP contribution in [-0.2, 0) is 28.9 Å². The van der Waals surface area contributed by atoms with Crippen molar-refractivity contribution in [1.82, 2.24) is 9.55 Å². The van der Waals surface area contributed by atoms with Crippen molar-refractivity contribution in [3.8, 4) is 22.5 Å². The molecule has 3 heterocycles. The standard InChI is InChI=1S/C31H27N3O4S2/c1-2-38-31(37)26-22(19-11-5-3-6-12-19)18-39-28(26)32-24(35)17-34-27(20-13-7-4-8-14-20)33-29-25(30(34)36)21-15-9-10-16-23(21)40-29/h3-8,11-14,18H,2,9-10,15-17H2,1H3,(H,32,35). The van der Waals surface area contributed by atoms with Crippen LogP contribution in [0, 0.1) is 0 Å². The first-order valence-electron chi connectivity index (χ1n) is 13.3. The van der Waals surface area contributed by atoms with Crippen molar-refractivity contribution >= 4 is 49.8 Å². The Morgan fingerprint density at radius 1 is 1.00 bits per heavy atom. The van der Waals surface area contributed by atoms with Crippen molar-refractivity contribution in [2.24, 2.45) is 0 Å². The number of hydrogen-bond donors (Lipinski definition) is 1. The fourth-order valence-corrected chi connectivity index (χ4v) is 7.41. The van der Waals surface area contributed by atoms with Crippen molar-refractivity contribution < 1.29 is 14.3 Å². The number of anilines is 1. The van der Waals surface area contributed by atoms with E-state index in [9.17, 15) is 14.4 Å². The summed E-state index contributed by atoms with van der Waals surface area (Å²) in [5.41, 5.74) is 3.47. The summed E-state index contributed by atoms with van der Waals surface area (Å²) in [6, 6.07) is 19.0. The molecule has 7 nitrogen and oxygen atoms in total. The van der Waals surface area contributed by atoms with Crippen molar-refractivity contribution in [2.45, 2.75) is 39.2 Å². The Morgan fingerprint density at radius 3 is 2.42 bits per heavy atom. The molecule has 0 radical (unpaired) electrons. The zero-order valence-corrected chi connectivity index (χ0v) is 23.6. The summed E-state index contributed by atoms with van der Waals surface area (Å²) in [7, 11) is 0. The highest BCUT2D eigenvalue weighted by molar-refractivity contribution is 7.18. The molecule has 40 heavy (non-hydrogen) atoms. The van der Waals surface area contributed by atoms with Crippen LogP contribution in [-0.4, -0.2) is 28.0 Å². The van der Waals surface area contributed by atoms with Gasteiger partial charge in [-0.25, -0.2) is 9.78 Å². The Kier molecular flexibility index (Phi) is 7.32. The van der Waals surface area contributed by atoms with Gasteiger partial charge in [0.25, 0.3) is 5.56 Å². The van der Waals surface area contributed by atoms with Gasteiger partial charge >= 0.3 is 5.97 Å². The van der Waals surface area contributed by atoms with Gasteiger partial charge < -0.3 is 10.1 Å². The van der Waals surface area contributed by atoms with Crippen LogP contribution < -0.4 is 10.9 Å². The molecule has 0 bridgehead atoms. The minimum absolute atomic E-state index is 0.208. The normalized spacial score (nSPS) is 12.7. The van der Waals surface area contributed by atoms with E-state index in [-0.39, 0.29) is 18.7 Å². The van der Waals surface area contributed by atoms with Gasteiger partial charge in [0.05, 0.1) is 12.0 Å². The van der Waals surface area contributed by atoms with Gasteiger partial charge in [-0.1, -0.05) is 60.7 Å². The summed E-state index contributed by atoms with van der Waals surface area (Å²) in [6.45, 7) is 1.72. The summed E-state index contributed by atoms with van der Waals surface area (Å²) in [4.78, 5) is 47.3. The van der Waals surface area contributed by atoms with Crippen LogP contribution in [0.15, 0.2) is 70.8 Å². The molecule has 9 heteroatoms. The average Bonchev–Trinajstić information content (AvgIpc) is 3.57. The molecule has 6 rings (SSSR count). The second kappa shape index (κ2) is 11.2. The lowest BCUT2D eigenvalue weighted by Crippen LogP contribution is -2.30. The highest BCUT2D eigenvalue weighted by Crippen LogP contribution is 2.37. The van der Waals surface area contributed by atoms with Crippen LogP contribution >= 0.6 is 22.7 Å². The Labute approximate surface area is 239 Å². The van der Waals surface area contributed by atoms with E-state index in [2.05, 4.69) is 5.32 Å². The molecule has 1 N–H and O–H groups in total. The molecule has 202 valence electrons. The average molecular weight is 570 g/mol. The SMILES string of the molecule is CCOC(=O)c1c(-c2ccccc2)csc1NC(=O)Cn1c(-c2ccccc2)nc2sc3c(c2c1=O)CCCC3. The van der Waals surface area contributed by atoms with Gasteiger partial charge in [-0.2, -0.15) is 0 Å². The lowest BCUT2D eigenvalue weighted by Gasteiger charge is -2.14. The van der Waals surface area contributed by atoms with Crippen LogP contribution in [0.3, 0.4) is 0 Å². The van der Waals surface area contributed by atoms with Crippen LogP contribution in [0.1, 0.15) is 40.6 Å². The number of nitrogens with one attached hydrogen (secondary N) is 1. The molecule has 0 atom stereocenters. The number of nitrogens with zero attached hydrogens (tertiary/aromatic N) is 2. The predicted octanol–water partition coefficient (Wildman–Crippen LogP) is 6.55. The van der Waals surface area contributed by atoms with E-state index >= 15 is 0 Å². The maximum Gasteiger partial charge on any atom is 0.341 e. The van der Waals surface area contributed by atoms with Gasteiger partial charge in [0.2, 0.25) is 5.91 Å². The second-order valence-electron chi connectivity index (χ2n) is 9.57. The molecule has 0 saturated carbocycles. The summed E-state index contributed by atoms with van der Waals surface area (Å²) >= 11 is 2.85. The van der Waals surface area contributed by atoms with E-state index in [4.69, 9.17) is 9.72 Å². The molecule has 0 fully saturated rings. The number of carbonyl (C=O) groups is 2. The number of benzene rings is 2. The molecule has 0 spiro atoms. The fourth-order valence-electron chi connectivity index (χ4n) is 5.19. The number of carbonyl (C=O) groups excluding carboxylic acids is 2. The maximum atomic E-state index is 14.0. The second-order valence-corrected chi connectivity index (χ2v) is 11.5. The van der Waals surface area contributed by atoms with Gasteiger partial charge in [-0.15, -0.1) is 22.7 Å². The Balaban J connectivity index is 1.40. The number of hydrogen-bond acceptors (Lipinski definition) is 7. The third-order valence-corrected chi connectivity index (χ3v) is 9.10. The smallest absolute Gasteiger partial charge is 0.341 e. The molecule has 1 amide bonds. The Hall–Kier alpha value is -4.08. The van der Waals surface area contributed by atoms with Gasteiger partial charge in [0, 0.05) is 21.4 Å². The van der Waals surface area contributed by atoms with E-state index in [0.29, 0.717) is 27.3 Å². The van der Waals surface area contributed by atoms with E-state index in [1.165, 1.54) is 20.8 Å². The molecule has 2 aromatic carbocycles. The number of aromatic nitrogens is 2. The van der Waals surface area contributed by atoms with Crippen LogP contribution in [0.5, 0.6) is 0 Å². The van der Waals surface area contributed by atoms with Crippen LogP contribution in [0.2, 0.25) is 0 Å². The van der Waals surface area contributed by atoms with Gasteiger partial charge in [0.1, 0.15) is 27.8 Å². The number of ether oxygens (including phenoxy) is 1. The van der Waals surface area contributed by atoms with E-state index in [1.807, 2.05) is 66.0 Å². The fraction of sp³-hybridized carbons (Fsp3) is 0.226. The van der Waals surface area contributed by atoms with Crippen molar-refractivity contribution in [2.75, 3.05) is 11.9 Å². The third-order valence-electron chi connectivity index (χ3n) is 7.02. The molecule has 0 saturated heterocycles. The predicted molar refractivity (Wildman–Crippen MR) is 160 cm³/mol. The number of amides is 1. The first-order valence-corrected chi connectivity index (χ1v) is 15.0. The quantitative estimate of drug-likeness (QED) is 0.225. The third kappa shape index (κ3) is 4.87. The lowest BCUT2D eigenvalue weighted by atomic mass is 9.97. The summed E-state index contributed by atoms with van der Waals surface area (Å²) in [5.74, 6) is -0.474. The molecule has 0 aliphatic heterocycles. The topological polar surface area (TPSA) is 90.3 Å². The highest BCUT2D eigenvalue weighted by Gasteiger charge is 2.26. The first kappa shape index (κ1) is 26.2. The Morgan fingerprint density at radius 2 is 1.70 bits per heavy atom. The van der Waals surface area contributed by atoms with Crippen molar-refractivity contribution in [3.63, 3.8) is 0 Å². The Bertz CT molecular complexity index is 1770. The van der Waals surface area contributed by atoms with E-state index in [0.717, 1.165) is 47.2 Å². The molecular formula is C31H27N3O4S2. The monoisotopic (exact) mass is 569 g/mol. The number of thiophene rings is 2. The van der Waals surface area contributed by atoms with E-state index in [1.54, 1.807) is 18.3 Å². The zero-order chi connectivity index (χ0) is 27.6. The lowest BCUT2D eigenvalue weighted by molar-refractivity contribution is -0.116. The summed E-state index contributed by atoms with van der Waals surface area (Å²) < 4.78 is 6.79. The maximum absolute atomic E-state index is 14.0. The van der Waals surface area contributed by atoms with Crippen LogP contribution in [0.25, 0.3) is 32.7 Å². The van der Waals surface area contributed by atoms with Gasteiger partial charge in [0.15, 0.2) is 0 Å². The molecule has 0 unspecified atom stereocenters. The molecule has 1 aliphatic carbocycles. The van der Waals surface area contributed by atoms with Gasteiger partial charge in [-0.3, -0.25) is 14.2 Å². The van der Waals surface area contributed by atoms with Crippen molar-refractivity contribution in [1.29, 1.82) is 0 Å². The molecule has 1 aliphatic rings. The number of fused-ring (bicyclic) bond motifs is 3. The highest BCUT2D eigenvalue weighted by atomic mass is 32.1. The number of aryl methyl sites for hydroxylation is 2. The minimum atomic E-state index is -0.506. The van der Waals surface area contributed by atoms with E-state index < -0.39 is 11.9 Å². The molecular weight excluding hydrogens is 542 g/mol. The summed E-state index contributed by atoms with van der Waals surface area (Å²) in [5, 5.41) is 5.74. The summed E-state index contributed by atoms with van der Waals surface area (Å²) in [6.07, 6.45) is 3.95. The number of esters is 1.